The summed E-state index contributed by atoms with van der Waals surface area (Å²) in [4.78, 5) is 22.7. The standard InChI is InChI=1S/C18H18O4/c19-12-16-10-11-17(21-16)13-6-8-14(9-7-13)18(20)22-15-4-2-1-3-5-15/h6-12,15H,1-5H2. The van der Waals surface area contributed by atoms with Crippen molar-refractivity contribution in [3.05, 3.63) is 47.7 Å². The highest BCUT2D eigenvalue weighted by molar-refractivity contribution is 5.90. The predicted molar refractivity (Wildman–Crippen MR) is 81.8 cm³/mol. The van der Waals surface area contributed by atoms with E-state index in [1.165, 1.54) is 6.42 Å². The minimum atomic E-state index is -0.272. The first-order valence-corrected chi connectivity index (χ1v) is 7.63. The molecule has 0 spiro atoms. The lowest BCUT2D eigenvalue weighted by atomic mass is 9.98. The topological polar surface area (TPSA) is 56.5 Å². The molecule has 1 heterocycles. The third-order valence-corrected chi connectivity index (χ3v) is 3.97. The first kappa shape index (κ1) is 14.6. The maximum Gasteiger partial charge on any atom is 0.338 e. The summed E-state index contributed by atoms with van der Waals surface area (Å²) in [5, 5.41) is 0. The zero-order chi connectivity index (χ0) is 15.4. The summed E-state index contributed by atoms with van der Waals surface area (Å²) in [5.41, 5.74) is 1.36. The van der Waals surface area contributed by atoms with E-state index in [4.69, 9.17) is 9.15 Å². The lowest BCUT2D eigenvalue weighted by Crippen LogP contribution is -2.20. The molecular weight excluding hydrogens is 280 g/mol. The summed E-state index contributed by atoms with van der Waals surface area (Å²) in [7, 11) is 0. The molecule has 2 aromatic rings. The van der Waals surface area contributed by atoms with Crippen molar-refractivity contribution in [1.82, 2.24) is 0 Å². The van der Waals surface area contributed by atoms with E-state index in [2.05, 4.69) is 0 Å². The number of ether oxygens (including phenoxy) is 1. The first-order chi connectivity index (χ1) is 10.8. The third kappa shape index (κ3) is 3.27. The van der Waals surface area contributed by atoms with E-state index in [0.29, 0.717) is 17.6 Å². The SMILES string of the molecule is O=Cc1ccc(-c2ccc(C(=O)OC3CCCCC3)cc2)o1. The second-order valence-electron chi connectivity index (χ2n) is 5.56. The summed E-state index contributed by atoms with van der Waals surface area (Å²) in [6.07, 6.45) is 6.15. The maximum absolute atomic E-state index is 12.1. The van der Waals surface area contributed by atoms with Crippen LogP contribution in [0.15, 0.2) is 40.8 Å². The highest BCUT2D eigenvalue weighted by Crippen LogP contribution is 2.24. The highest BCUT2D eigenvalue weighted by atomic mass is 16.5. The number of rotatable bonds is 4. The van der Waals surface area contributed by atoms with E-state index < -0.39 is 0 Å². The molecule has 4 heteroatoms. The zero-order valence-corrected chi connectivity index (χ0v) is 12.3. The fourth-order valence-corrected chi connectivity index (χ4v) is 2.74. The van der Waals surface area contributed by atoms with Crippen molar-refractivity contribution in [3.8, 4) is 11.3 Å². The number of hydrogen-bond acceptors (Lipinski definition) is 4. The molecule has 22 heavy (non-hydrogen) atoms. The molecule has 0 unspecified atom stereocenters. The Labute approximate surface area is 129 Å². The normalized spacial score (nSPS) is 15.5. The third-order valence-electron chi connectivity index (χ3n) is 3.97. The van der Waals surface area contributed by atoms with Crippen LogP contribution < -0.4 is 0 Å². The van der Waals surface area contributed by atoms with E-state index in [9.17, 15) is 9.59 Å². The Balaban J connectivity index is 1.67. The Kier molecular flexibility index (Phi) is 4.37. The van der Waals surface area contributed by atoms with Gasteiger partial charge in [-0.15, -0.1) is 0 Å². The van der Waals surface area contributed by atoms with Gasteiger partial charge in [0.15, 0.2) is 12.0 Å². The summed E-state index contributed by atoms with van der Waals surface area (Å²) in [6, 6.07) is 10.4. The van der Waals surface area contributed by atoms with Crippen LogP contribution in [-0.4, -0.2) is 18.4 Å². The summed E-state index contributed by atoms with van der Waals surface area (Å²) >= 11 is 0. The van der Waals surface area contributed by atoms with Gasteiger partial charge in [-0.2, -0.15) is 0 Å². The molecule has 0 N–H and O–H groups in total. The predicted octanol–water partition coefficient (Wildman–Crippen LogP) is 4.25. The average Bonchev–Trinajstić information content (AvgIpc) is 3.05. The van der Waals surface area contributed by atoms with Gasteiger partial charge >= 0.3 is 5.97 Å². The molecule has 0 radical (unpaired) electrons. The summed E-state index contributed by atoms with van der Waals surface area (Å²) < 4.78 is 10.9. The smallest absolute Gasteiger partial charge is 0.338 e. The number of carbonyl (C=O) groups excluding carboxylic acids is 2. The quantitative estimate of drug-likeness (QED) is 0.625. The molecular formula is C18H18O4. The van der Waals surface area contributed by atoms with Gasteiger partial charge in [-0.05, 0) is 49.9 Å². The maximum atomic E-state index is 12.1. The van der Waals surface area contributed by atoms with Crippen LogP contribution in [0.25, 0.3) is 11.3 Å². The van der Waals surface area contributed by atoms with Gasteiger partial charge in [-0.1, -0.05) is 18.6 Å². The van der Waals surface area contributed by atoms with Crippen LogP contribution in [0.5, 0.6) is 0 Å². The van der Waals surface area contributed by atoms with Crippen LogP contribution in [0.2, 0.25) is 0 Å². The van der Waals surface area contributed by atoms with E-state index in [0.717, 1.165) is 31.2 Å². The van der Waals surface area contributed by atoms with Crippen molar-refractivity contribution >= 4 is 12.3 Å². The van der Waals surface area contributed by atoms with Crippen LogP contribution in [0, 0.1) is 0 Å². The van der Waals surface area contributed by atoms with Gasteiger partial charge < -0.3 is 9.15 Å². The number of carbonyl (C=O) groups is 2. The van der Waals surface area contributed by atoms with E-state index >= 15 is 0 Å². The molecule has 1 aliphatic rings. The second-order valence-corrected chi connectivity index (χ2v) is 5.56. The number of esters is 1. The molecule has 1 aromatic heterocycles. The van der Waals surface area contributed by atoms with Crippen LogP contribution in [-0.2, 0) is 4.74 Å². The molecule has 3 rings (SSSR count). The fraction of sp³-hybridized carbons (Fsp3) is 0.333. The number of hydrogen-bond donors (Lipinski definition) is 0. The molecule has 0 saturated heterocycles. The lowest BCUT2D eigenvalue weighted by Gasteiger charge is -2.21. The van der Waals surface area contributed by atoms with E-state index in [1.807, 2.05) is 0 Å². The Bertz CT molecular complexity index is 648. The number of benzene rings is 1. The van der Waals surface area contributed by atoms with Gasteiger partial charge in [-0.25, -0.2) is 4.79 Å². The number of furan rings is 1. The highest BCUT2D eigenvalue weighted by Gasteiger charge is 2.18. The second kappa shape index (κ2) is 6.60. The fourth-order valence-electron chi connectivity index (χ4n) is 2.74. The summed E-state index contributed by atoms with van der Waals surface area (Å²) in [5.74, 6) is 0.622. The van der Waals surface area contributed by atoms with Crippen molar-refractivity contribution in [1.29, 1.82) is 0 Å². The minimum Gasteiger partial charge on any atom is -0.459 e. The Hall–Kier alpha value is -2.36. The van der Waals surface area contributed by atoms with Gasteiger partial charge in [0.2, 0.25) is 0 Å². The van der Waals surface area contributed by atoms with Crippen LogP contribution in [0.1, 0.15) is 53.0 Å². The molecule has 1 fully saturated rings. The Morgan fingerprint density at radius 3 is 2.41 bits per heavy atom. The van der Waals surface area contributed by atoms with Gasteiger partial charge in [0.05, 0.1) is 5.56 Å². The molecule has 1 saturated carbocycles. The Morgan fingerprint density at radius 2 is 1.77 bits per heavy atom. The zero-order valence-electron chi connectivity index (χ0n) is 12.3. The monoisotopic (exact) mass is 298 g/mol. The van der Waals surface area contributed by atoms with E-state index in [1.54, 1.807) is 36.4 Å². The molecule has 4 nitrogen and oxygen atoms in total. The van der Waals surface area contributed by atoms with Crippen molar-refractivity contribution < 1.29 is 18.7 Å². The van der Waals surface area contributed by atoms with Crippen molar-refractivity contribution in [2.45, 2.75) is 38.2 Å². The molecule has 0 atom stereocenters. The molecule has 0 bridgehead atoms. The minimum absolute atomic E-state index is 0.0566. The Morgan fingerprint density at radius 1 is 1.05 bits per heavy atom. The van der Waals surface area contributed by atoms with Gasteiger partial charge in [0.1, 0.15) is 11.9 Å². The van der Waals surface area contributed by atoms with Crippen molar-refractivity contribution in [2.24, 2.45) is 0 Å². The van der Waals surface area contributed by atoms with Crippen LogP contribution in [0.4, 0.5) is 0 Å². The average molecular weight is 298 g/mol. The summed E-state index contributed by atoms with van der Waals surface area (Å²) in [6.45, 7) is 0. The van der Waals surface area contributed by atoms with Crippen molar-refractivity contribution in [2.75, 3.05) is 0 Å². The van der Waals surface area contributed by atoms with Crippen molar-refractivity contribution in [3.63, 3.8) is 0 Å². The molecule has 1 aromatic carbocycles. The molecule has 0 aliphatic heterocycles. The molecule has 1 aliphatic carbocycles. The van der Waals surface area contributed by atoms with E-state index in [-0.39, 0.29) is 17.8 Å². The van der Waals surface area contributed by atoms with Crippen LogP contribution >= 0.6 is 0 Å². The lowest BCUT2D eigenvalue weighted by molar-refractivity contribution is 0.0211. The van der Waals surface area contributed by atoms with Crippen LogP contribution in [0.3, 0.4) is 0 Å². The largest absolute Gasteiger partial charge is 0.459 e. The molecule has 0 amide bonds. The van der Waals surface area contributed by atoms with Gasteiger partial charge in [-0.3, -0.25) is 4.79 Å². The molecule has 114 valence electrons. The van der Waals surface area contributed by atoms with Gasteiger partial charge in [0.25, 0.3) is 0 Å². The number of aldehydes is 1. The van der Waals surface area contributed by atoms with Gasteiger partial charge in [0, 0.05) is 5.56 Å². The first-order valence-electron chi connectivity index (χ1n) is 7.63.